The van der Waals surface area contributed by atoms with Crippen LogP contribution in [-0.4, -0.2) is 50.7 Å². The maximum Gasteiger partial charge on any atom is 0.332 e. The standard InChI is InChI=1S/C22H29FN4O5/c1-13(2)27-18-10-17(24-14-7-5-4-6-8-14)16(23)9-15(18)21(31)26(22(27)32)11-19(28)25(3)12-20(29)30/h9-10,13-14,24H,4-8,11-12H2,1-3H3,(H,29,30). The van der Waals surface area contributed by atoms with Gasteiger partial charge < -0.3 is 15.3 Å². The third kappa shape index (κ3) is 4.84. The number of carboxylic acid groups (broad SMARTS) is 1. The number of likely N-dealkylation sites (N-methyl/N-ethyl adjacent to an activating group) is 1. The molecule has 1 aromatic carbocycles. The van der Waals surface area contributed by atoms with Crippen molar-refractivity contribution in [2.24, 2.45) is 0 Å². The van der Waals surface area contributed by atoms with E-state index in [1.165, 1.54) is 17.7 Å². The Morgan fingerprint density at radius 1 is 1.22 bits per heavy atom. The van der Waals surface area contributed by atoms with Gasteiger partial charge in [0.05, 0.1) is 16.6 Å². The molecule has 0 bridgehead atoms. The van der Waals surface area contributed by atoms with Crippen molar-refractivity contribution in [1.29, 1.82) is 0 Å². The largest absolute Gasteiger partial charge is 0.480 e. The van der Waals surface area contributed by atoms with Crippen LogP contribution >= 0.6 is 0 Å². The molecule has 1 heterocycles. The van der Waals surface area contributed by atoms with Crippen molar-refractivity contribution < 1.29 is 19.1 Å². The molecule has 0 aliphatic heterocycles. The molecule has 3 rings (SSSR count). The maximum absolute atomic E-state index is 14.9. The lowest BCUT2D eigenvalue weighted by molar-refractivity contribution is -0.143. The molecular formula is C22H29FN4O5. The van der Waals surface area contributed by atoms with E-state index in [1.807, 2.05) is 0 Å². The van der Waals surface area contributed by atoms with Crippen LogP contribution in [0.5, 0.6) is 0 Å². The van der Waals surface area contributed by atoms with Crippen molar-refractivity contribution >= 4 is 28.5 Å². The monoisotopic (exact) mass is 448 g/mol. The molecule has 2 aromatic rings. The van der Waals surface area contributed by atoms with E-state index in [-0.39, 0.29) is 28.7 Å². The Balaban J connectivity index is 2.09. The highest BCUT2D eigenvalue weighted by atomic mass is 19.1. The summed E-state index contributed by atoms with van der Waals surface area (Å²) in [4.78, 5) is 50.3. The first-order chi connectivity index (χ1) is 15.1. The Kier molecular flexibility index (Phi) is 7.00. The van der Waals surface area contributed by atoms with Crippen LogP contribution < -0.4 is 16.6 Å². The number of anilines is 1. The van der Waals surface area contributed by atoms with E-state index in [0.29, 0.717) is 0 Å². The van der Waals surface area contributed by atoms with Gasteiger partial charge in [0, 0.05) is 19.1 Å². The number of amides is 1. The minimum Gasteiger partial charge on any atom is -0.480 e. The van der Waals surface area contributed by atoms with Crippen LogP contribution in [0.2, 0.25) is 0 Å². The van der Waals surface area contributed by atoms with Crippen LogP contribution in [0.4, 0.5) is 10.1 Å². The van der Waals surface area contributed by atoms with Crippen molar-refractivity contribution in [3.8, 4) is 0 Å². The molecule has 1 fully saturated rings. The lowest BCUT2D eigenvalue weighted by atomic mass is 9.95. The summed E-state index contributed by atoms with van der Waals surface area (Å²) in [6.45, 7) is 2.31. The minimum absolute atomic E-state index is 0.0151. The topological polar surface area (TPSA) is 114 Å². The molecule has 1 aromatic heterocycles. The van der Waals surface area contributed by atoms with Crippen molar-refractivity contribution in [3.63, 3.8) is 0 Å². The fourth-order valence-corrected chi connectivity index (χ4v) is 4.16. The van der Waals surface area contributed by atoms with Gasteiger partial charge in [0.1, 0.15) is 18.9 Å². The van der Waals surface area contributed by atoms with Crippen molar-refractivity contribution in [2.75, 3.05) is 18.9 Å². The van der Waals surface area contributed by atoms with Gasteiger partial charge in [-0.3, -0.25) is 23.5 Å². The van der Waals surface area contributed by atoms with Crippen molar-refractivity contribution in [2.45, 2.75) is 64.6 Å². The third-order valence-corrected chi connectivity index (χ3v) is 5.83. The second-order valence-corrected chi connectivity index (χ2v) is 8.61. The first-order valence-corrected chi connectivity index (χ1v) is 10.8. The molecule has 1 aliphatic carbocycles. The van der Waals surface area contributed by atoms with Gasteiger partial charge in [-0.05, 0) is 38.8 Å². The molecule has 2 N–H and O–H groups in total. The van der Waals surface area contributed by atoms with Gasteiger partial charge in [-0.25, -0.2) is 9.18 Å². The molecule has 0 unspecified atom stereocenters. The number of carbonyl (C=O) groups is 2. The zero-order valence-corrected chi connectivity index (χ0v) is 18.6. The molecule has 32 heavy (non-hydrogen) atoms. The summed E-state index contributed by atoms with van der Waals surface area (Å²) in [6, 6.07) is 2.36. The molecule has 9 nitrogen and oxygen atoms in total. The van der Waals surface area contributed by atoms with Crippen LogP contribution in [0, 0.1) is 5.82 Å². The van der Waals surface area contributed by atoms with E-state index in [4.69, 9.17) is 5.11 Å². The highest BCUT2D eigenvalue weighted by Crippen LogP contribution is 2.26. The highest BCUT2D eigenvalue weighted by molar-refractivity contribution is 5.84. The van der Waals surface area contributed by atoms with Gasteiger partial charge in [0.15, 0.2) is 0 Å². The second kappa shape index (κ2) is 9.54. The quantitative estimate of drug-likeness (QED) is 0.671. The van der Waals surface area contributed by atoms with Crippen LogP contribution in [0.15, 0.2) is 21.7 Å². The van der Waals surface area contributed by atoms with Gasteiger partial charge in [0.25, 0.3) is 5.56 Å². The van der Waals surface area contributed by atoms with Gasteiger partial charge in [0.2, 0.25) is 5.91 Å². The Labute approximate surface area is 184 Å². The number of nitrogens with one attached hydrogen (secondary N) is 1. The van der Waals surface area contributed by atoms with E-state index < -0.39 is 42.0 Å². The zero-order chi connectivity index (χ0) is 23.6. The van der Waals surface area contributed by atoms with Crippen molar-refractivity contribution in [1.82, 2.24) is 14.0 Å². The third-order valence-electron chi connectivity index (χ3n) is 5.83. The maximum atomic E-state index is 14.9. The minimum atomic E-state index is -1.22. The van der Waals surface area contributed by atoms with Gasteiger partial charge in [-0.2, -0.15) is 0 Å². The predicted molar refractivity (Wildman–Crippen MR) is 119 cm³/mol. The molecule has 0 spiro atoms. The normalized spacial score (nSPS) is 14.7. The number of aliphatic carboxylic acids is 1. The molecule has 0 radical (unpaired) electrons. The molecule has 1 aliphatic rings. The number of benzene rings is 1. The zero-order valence-electron chi connectivity index (χ0n) is 18.6. The first-order valence-electron chi connectivity index (χ1n) is 10.8. The highest BCUT2D eigenvalue weighted by Gasteiger charge is 2.22. The molecule has 0 saturated heterocycles. The lowest BCUT2D eigenvalue weighted by Gasteiger charge is -2.25. The van der Waals surface area contributed by atoms with E-state index >= 15 is 0 Å². The molecule has 0 atom stereocenters. The number of carbonyl (C=O) groups excluding carboxylic acids is 1. The summed E-state index contributed by atoms with van der Waals surface area (Å²) in [6.07, 6.45) is 5.16. The van der Waals surface area contributed by atoms with E-state index in [1.54, 1.807) is 13.8 Å². The Bertz CT molecular complexity index is 1150. The summed E-state index contributed by atoms with van der Waals surface area (Å²) in [5.41, 5.74) is -0.961. The molecule has 1 amide bonds. The Hall–Kier alpha value is -3.17. The predicted octanol–water partition coefficient (Wildman–Crippen LogP) is 2.17. The SMILES string of the molecule is CC(C)n1c(=O)n(CC(=O)N(C)CC(=O)O)c(=O)c2cc(F)c(NC3CCCCC3)cc21. The summed E-state index contributed by atoms with van der Waals surface area (Å²) < 4.78 is 17.0. The van der Waals surface area contributed by atoms with Crippen LogP contribution in [0.1, 0.15) is 52.0 Å². The number of nitrogens with zero attached hydrogens (tertiary/aromatic N) is 3. The molecule has 10 heteroatoms. The fraction of sp³-hybridized carbons (Fsp3) is 0.545. The number of hydrogen-bond donors (Lipinski definition) is 2. The van der Waals surface area contributed by atoms with E-state index in [2.05, 4.69) is 5.32 Å². The molecule has 1 saturated carbocycles. The average molecular weight is 448 g/mol. The Morgan fingerprint density at radius 2 is 1.88 bits per heavy atom. The van der Waals surface area contributed by atoms with Gasteiger partial charge >= 0.3 is 11.7 Å². The average Bonchev–Trinajstić information content (AvgIpc) is 2.72. The van der Waals surface area contributed by atoms with Crippen LogP contribution in [0.25, 0.3) is 10.9 Å². The first kappa shape index (κ1) is 23.5. The summed E-state index contributed by atoms with van der Waals surface area (Å²) >= 11 is 0. The number of halogens is 1. The number of aromatic nitrogens is 2. The lowest BCUT2D eigenvalue weighted by Crippen LogP contribution is -2.45. The van der Waals surface area contributed by atoms with Crippen LogP contribution in [0.3, 0.4) is 0 Å². The Morgan fingerprint density at radius 3 is 2.47 bits per heavy atom. The summed E-state index contributed by atoms with van der Waals surface area (Å²) in [5, 5.41) is 12.1. The number of carboxylic acids is 1. The summed E-state index contributed by atoms with van der Waals surface area (Å²) in [7, 11) is 1.27. The smallest absolute Gasteiger partial charge is 0.332 e. The van der Waals surface area contributed by atoms with Crippen molar-refractivity contribution in [3.05, 3.63) is 38.8 Å². The number of hydrogen-bond acceptors (Lipinski definition) is 5. The second-order valence-electron chi connectivity index (χ2n) is 8.61. The van der Waals surface area contributed by atoms with Gasteiger partial charge in [-0.1, -0.05) is 19.3 Å². The van der Waals surface area contributed by atoms with Crippen LogP contribution in [-0.2, 0) is 16.1 Å². The van der Waals surface area contributed by atoms with E-state index in [0.717, 1.165) is 47.6 Å². The summed E-state index contributed by atoms with van der Waals surface area (Å²) in [5.74, 6) is -2.53. The fourth-order valence-electron chi connectivity index (χ4n) is 4.16. The van der Waals surface area contributed by atoms with Gasteiger partial charge in [-0.15, -0.1) is 0 Å². The molecule has 174 valence electrons. The molecular weight excluding hydrogens is 419 g/mol. The number of fused-ring (bicyclic) bond motifs is 1. The van der Waals surface area contributed by atoms with E-state index in [9.17, 15) is 23.6 Å². The number of rotatable bonds is 7.